The van der Waals surface area contributed by atoms with Crippen molar-refractivity contribution in [1.29, 1.82) is 0 Å². The van der Waals surface area contributed by atoms with Gasteiger partial charge in [0.05, 0.1) is 11.1 Å². The Morgan fingerprint density at radius 3 is 2.75 bits per heavy atom. The Morgan fingerprint density at radius 1 is 1.14 bits per heavy atom. The van der Waals surface area contributed by atoms with Crippen LogP contribution >= 0.6 is 11.6 Å². The highest BCUT2D eigenvalue weighted by atomic mass is 35.5. The van der Waals surface area contributed by atoms with Gasteiger partial charge in [0, 0.05) is 0 Å². The van der Waals surface area contributed by atoms with Gasteiger partial charge in [0.25, 0.3) is 5.91 Å². The van der Waals surface area contributed by atoms with Gasteiger partial charge in [-0.15, -0.1) is 0 Å². The molecule has 7 nitrogen and oxygen atoms in total. The molecule has 148 valence electrons. The number of halogens is 1. The third-order valence-electron chi connectivity index (χ3n) is 4.07. The van der Waals surface area contributed by atoms with E-state index in [1.165, 1.54) is 0 Å². The Balaban J connectivity index is 1.43. The predicted octanol–water partition coefficient (Wildman–Crippen LogP) is 3.18. The second kappa shape index (κ2) is 8.84. The number of nitrogens with one attached hydrogen (secondary N) is 1. The Hall–Kier alpha value is -2.93. The van der Waals surface area contributed by atoms with E-state index in [0.29, 0.717) is 22.3 Å². The summed E-state index contributed by atoms with van der Waals surface area (Å²) >= 11 is 6.00. The highest BCUT2D eigenvalue weighted by molar-refractivity contribution is 6.32. The van der Waals surface area contributed by atoms with E-state index in [2.05, 4.69) is 5.32 Å². The molecule has 1 aliphatic heterocycles. The van der Waals surface area contributed by atoms with Crippen LogP contribution in [0.3, 0.4) is 0 Å². The number of rotatable bonds is 7. The number of benzene rings is 2. The van der Waals surface area contributed by atoms with Crippen LogP contribution in [0.5, 0.6) is 17.2 Å². The molecule has 1 atom stereocenters. The summed E-state index contributed by atoms with van der Waals surface area (Å²) in [5, 5.41) is 3.16. The summed E-state index contributed by atoms with van der Waals surface area (Å²) in [7, 11) is 0. The molecule has 1 amide bonds. The summed E-state index contributed by atoms with van der Waals surface area (Å²) in [5.41, 5.74) is 1.80. The van der Waals surface area contributed by atoms with Gasteiger partial charge < -0.3 is 24.3 Å². The van der Waals surface area contributed by atoms with Crippen LogP contribution in [-0.4, -0.2) is 31.9 Å². The summed E-state index contributed by atoms with van der Waals surface area (Å²) in [5.74, 6) is 0.608. The van der Waals surface area contributed by atoms with Gasteiger partial charge in [-0.25, -0.2) is 4.79 Å². The van der Waals surface area contributed by atoms with Crippen molar-refractivity contribution in [2.75, 3.05) is 20.0 Å². The molecule has 0 spiro atoms. The van der Waals surface area contributed by atoms with Crippen molar-refractivity contribution in [2.24, 2.45) is 0 Å². The minimum Gasteiger partial charge on any atom is -0.480 e. The van der Waals surface area contributed by atoms with E-state index < -0.39 is 18.5 Å². The zero-order valence-electron chi connectivity index (χ0n) is 15.5. The second-order valence-corrected chi connectivity index (χ2v) is 6.69. The van der Waals surface area contributed by atoms with E-state index in [0.717, 1.165) is 11.1 Å². The highest BCUT2D eigenvalue weighted by Crippen LogP contribution is 2.34. The van der Waals surface area contributed by atoms with E-state index in [4.69, 9.17) is 30.5 Å². The lowest BCUT2D eigenvalue weighted by Crippen LogP contribution is -2.31. The highest BCUT2D eigenvalue weighted by Gasteiger charge is 2.17. The first kappa shape index (κ1) is 19.8. The first-order valence-corrected chi connectivity index (χ1v) is 9.03. The number of amides is 1. The third kappa shape index (κ3) is 5.07. The van der Waals surface area contributed by atoms with Crippen molar-refractivity contribution in [3.63, 3.8) is 0 Å². The maximum atomic E-state index is 12.0. The first-order chi connectivity index (χ1) is 13.4. The molecule has 0 saturated carbocycles. The maximum Gasteiger partial charge on any atom is 0.344 e. The molecular weight excluding hydrogens is 386 g/mol. The van der Waals surface area contributed by atoms with Crippen LogP contribution in [0.2, 0.25) is 5.02 Å². The molecule has 2 aromatic carbocycles. The Morgan fingerprint density at radius 2 is 1.93 bits per heavy atom. The van der Waals surface area contributed by atoms with Crippen LogP contribution in [0.1, 0.15) is 24.1 Å². The van der Waals surface area contributed by atoms with Crippen LogP contribution in [-0.2, 0) is 14.3 Å². The van der Waals surface area contributed by atoms with Crippen molar-refractivity contribution in [3.05, 3.63) is 52.5 Å². The van der Waals surface area contributed by atoms with Crippen LogP contribution in [0, 0.1) is 6.92 Å². The normalized spacial score (nSPS) is 13.0. The summed E-state index contributed by atoms with van der Waals surface area (Å²) in [6.07, 6.45) is 0. The maximum absolute atomic E-state index is 12.0. The number of carbonyl (C=O) groups excluding carboxylic acids is 2. The van der Waals surface area contributed by atoms with Crippen LogP contribution < -0.4 is 19.5 Å². The summed E-state index contributed by atoms with van der Waals surface area (Å²) in [6, 6.07) is 10.4. The molecule has 1 N–H and O–H groups in total. The van der Waals surface area contributed by atoms with Crippen molar-refractivity contribution in [3.8, 4) is 17.2 Å². The minimum absolute atomic E-state index is 0.186. The Labute approximate surface area is 167 Å². The standard InChI is InChI=1S/C20H20ClNO6/c1-12-3-5-15(21)17(7-12)25-10-20(24)26-9-19(23)22-13(2)14-4-6-16-18(8-14)28-11-27-16/h3-8,13H,9-11H2,1-2H3,(H,22,23). The number of ether oxygens (including phenoxy) is 4. The van der Waals surface area contributed by atoms with E-state index in [1.807, 2.05) is 26.0 Å². The summed E-state index contributed by atoms with van der Waals surface area (Å²) in [6.45, 7) is 3.14. The lowest BCUT2D eigenvalue weighted by Gasteiger charge is -2.15. The fraction of sp³-hybridized carbons (Fsp3) is 0.300. The minimum atomic E-state index is -0.663. The number of fused-ring (bicyclic) bond motifs is 1. The van der Waals surface area contributed by atoms with Crippen molar-refractivity contribution in [2.45, 2.75) is 19.9 Å². The van der Waals surface area contributed by atoms with E-state index in [9.17, 15) is 9.59 Å². The third-order valence-corrected chi connectivity index (χ3v) is 4.38. The van der Waals surface area contributed by atoms with Crippen molar-refractivity contribution in [1.82, 2.24) is 5.32 Å². The molecular formula is C20H20ClNO6. The van der Waals surface area contributed by atoms with Crippen LogP contribution in [0.25, 0.3) is 0 Å². The van der Waals surface area contributed by atoms with E-state index >= 15 is 0 Å². The van der Waals surface area contributed by atoms with Gasteiger partial charge >= 0.3 is 5.97 Å². The average molecular weight is 406 g/mol. The Kier molecular flexibility index (Phi) is 6.26. The molecule has 1 unspecified atom stereocenters. The lowest BCUT2D eigenvalue weighted by molar-refractivity contribution is -0.150. The average Bonchev–Trinajstić information content (AvgIpc) is 3.14. The van der Waals surface area contributed by atoms with Crippen LogP contribution in [0.4, 0.5) is 0 Å². The molecule has 0 saturated heterocycles. The molecule has 2 aromatic rings. The van der Waals surface area contributed by atoms with Gasteiger partial charge in [0.15, 0.2) is 24.7 Å². The number of hydrogen-bond donors (Lipinski definition) is 1. The largest absolute Gasteiger partial charge is 0.480 e. The van der Waals surface area contributed by atoms with Gasteiger partial charge in [0.1, 0.15) is 5.75 Å². The topological polar surface area (TPSA) is 83.1 Å². The fourth-order valence-electron chi connectivity index (χ4n) is 2.59. The van der Waals surface area contributed by atoms with Gasteiger partial charge in [-0.3, -0.25) is 4.79 Å². The molecule has 0 radical (unpaired) electrons. The smallest absolute Gasteiger partial charge is 0.344 e. The fourth-order valence-corrected chi connectivity index (χ4v) is 2.77. The molecule has 8 heteroatoms. The van der Waals surface area contributed by atoms with Crippen molar-refractivity contribution < 1.29 is 28.5 Å². The molecule has 1 aliphatic rings. The summed E-state index contributed by atoms with van der Waals surface area (Å²) in [4.78, 5) is 23.8. The first-order valence-electron chi connectivity index (χ1n) is 8.66. The molecule has 0 aliphatic carbocycles. The molecule has 0 fully saturated rings. The van der Waals surface area contributed by atoms with Gasteiger partial charge in [-0.05, 0) is 49.2 Å². The number of carbonyl (C=O) groups is 2. The zero-order chi connectivity index (χ0) is 20.1. The van der Waals surface area contributed by atoms with Crippen molar-refractivity contribution >= 4 is 23.5 Å². The SMILES string of the molecule is Cc1ccc(Cl)c(OCC(=O)OCC(=O)NC(C)c2ccc3c(c2)OCO3)c1. The molecule has 0 aromatic heterocycles. The lowest BCUT2D eigenvalue weighted by atomic mass is 10.1. The van der Waals surface area contributed by atoms with Gasteiger partial charge in [0.2, 0.25) is 6.79 Å². The van der Waals surface area contributed by atoms with Gasteiger partial charge in [-0.2, -0.15) is 0 Å². The number of esters is 1. The Bertz CT molecular complexity index is 885. The predicted molar refractivity (Wildman–Crippen MR) is 102 cm³/mol. The molecule has 28 heavy (non-hydrogen) atoms. The van der Waals surface area contributed by atoms with E-state index in [1.54, 1.807) is 24.3 Å². The number of hydrogen-bond acceptors (Lipinski definition) is 6. The monoisotopic (exact) mass is 405 g/mol. The second-order valence-electron chi connectivity index (χ2n) is 6.29. The summed E-state index contributed by atoms with van der Waals surface area (Å²) < 4.78 is 20.9. The zero-order valence-corrected chi connectivity index (χ0v) is 16.2. The van der Waals surface area contributed by atoms with Gasteiger partial charge in [-0.1, -0.05) is 23.7 Å². The number of aryl methyl sites for hydroxylation is 1. The van der Waals surface area contributed by atoms with Crippen LogP contribution in [0.15, 0.2) is 36.4 Å². The molecule has 1 heterocycles. The molecule has 0 bridgehead atoms. The molecule has 3 rings (SSSR count). The quantitative estimate of drug-likeness (QED) is 0.712. The van der Waals surface area contributed by atoms with E-state index in [-0.39, 0.29) is 19.4 Å².